The molecule has 0 unspecified atom stereocenters. The van der Waals surface area contributed by atoms with Crippen molar-refractivity contribution >= 4 is 5.78 Å². The fourth-order valence-corrected chi connectivity index (χ4v) is 1.51. The van der Waals surface area contributed by atoms with Crippen molar-refractivity contribution < 1.29 is 32.2 Å². The van der Waals surface area contributed by atoms with Gasteiger partial charge in [0.05, 0.1) is 20.8 Å². The molecule has 0 amide bonds. The van der Waals surface area contributed by atoms with E-state index in [4.69, 9.17) is 9.47 Å². The molecular formula is C13H15F3O4. The molecule has 0 radical (unpaired) electrons. The summed E-state index contributed by atoms with van der Waals surface area (Å²) in [6.45, 7) is -1.64. The number of rotatable bonds is 7. The second-order valence-electron chi connectivity index (χ2n) is 3.91. The van der Waals surface area contributed by atoms with Crippen LogP contribution in [0.15, 0.2) is 18.2 Å². The maximum atomic E-state index is 11.8. The number of ketones is 1. The first-order valence-electron chi connectivity index (χ1n) is 5.77. The van der Waals surface area contributed by atoms with E-state index in [2.05, 4.69) is 4.74 Å². The summed E-state index contributed by atoms with van der Waals surface area (Å²) in [5.74, 6) is 0.528. The van der Waals surface area contributed by atoms with Gasteiger partial charge >= 0.3 is 6.18 Å². The molecule has 0 aliphatic carbocycles. The lowest BCUT2D eigenvalue weighted by atomic mass is 10.1. The van der Waals surface area contributed by atoms with E-state index in [9.17, 15) is 18.0 Å². The number of Topliss-reactive ketones (excluding diaryl/α,β-unsaturated/α-hetero) is 1. The predicted octanol–water partition coefficient (Wildman–Crippen LogP) is 2.86. The third kappa shape index (κ3) is 5.08. The van der Waals surface area contributed by atoms with Gasteiger partial charge in [-0.15, -0.1) is 0 Å². The Morgan fingerprint density at radius 2 is 1.80 bits per heavy atom. The van der Waals surface area contributed by atoms with Crippen LogP contribution in [0, 0.1) is 0 Å². The molecule has 0 spiro atoms. The molecule has 4 nitrogen and oxygen atoms in total. The van der Waals surface area contributed by atoms with Crippen molar-refractivity contribution in [2.45, 2.75) is 12.6 Å². The van der Waals surface area contributed by atoms with E-state index in [0.29, 0.717) is 17.1 Å². The van der Waals surface area contributed by atoms with Crippen LogP contribution >= 0.6 is 0 Å². The van der Waals surface area contributed by atoms with Crippen LogP contribution < -0.4 is 9.47 Å². The van der Waals surface area contributed by atoms with Gasteiger partial charge in [0.25, 0.3) is 0 Å². The molecule has 0 aliphatic heterocycles. The van der Waals surface area contributed by atoms with Gasteiger partial charge in [0, 0.05) is 12.0 Å². The third-order valence-corrected chi connectivity index (χ3v) is 2.44. The van der Waals surface area contributed by atoms with Gasteiger partial charge < -0.3 is 14.2 Å². The van der Waals surface area contributed by atoms with Crippen molar-refractivity contribution in [1.29, 1.82) is 0 Å². The molecule has 7 heteroatoms. The fourth-order valence-electron chi connectivity index (χ4n) is 1.51. The Morgan fingerprint density at radius 1 is 1.15 bits per heavy atom. The minimum absolute atomic E-state index is 0.133. The van der Waals surface area contributed by atoms with Crippen molar-refractivity contribution in [3.8, 4) is 11.5 Å². The Morgan fingerprint density at radius 3 is 2.35 bits per heavy atom. The molecule has 1 aromatic carbocycles. The average Bonchev–Trinajstić information content (AvgIpc) is 2.41. The standard InChI is InChI=1S/C13H15F3O4/c1-18-11-4-3-9(7-12(11)19-2)10(17)5-6-20-8-13(14,15)16/h3-4,7H,5-6,8H2,1-2H3. The van der Waals surface area contributed by atoms with E-state index in [1.165, 1.54) is 26.4 Å². The lowest BCUT2D eigenvalue weighted by molar-refractivity contribution is -0.173. The van der Waals surface area contributed by atoms with Gasteiger partial charge in [-0.1, -0.05) is 0 Å². The van der Waals surface area contributed by atoms with E-state index in [0.717, 1.165) is 0 Å². The quantitative estimate of drug-likeness (QED) is 0.572. The van der Waals surface area contributed by atoms with Crippen LogP contribution in [0.3, 0.4) is 0 Å². The molecule has 0 atom stereocenters. The highest BCUT2D eigenvalue weighted by Gasteiger charge is 2.27. The van der Waals surface area contributed by atoms with Gasteiger partial charge in [0.1, 0.15) is 6.61 Å². The predicted molar refractivity (Wildman–Crippen MR) is 65.4 cm³/mol. The molecule has 0 bridgehead atoms. The summed E-state index contributed by atoms with van der Waals surface area (Å²) in [5.41, 5.74) is 0.332. The Labute approximate surface area is 114 Å². The Hall–Kier alpha value is -1.76. The summed E-state index contributed by atoms with van der Waals surface area (Å²) < 4.78 is 50.0. The van der Waals surface area contributed by atoms with Crippen molar-refractivity contribution in [1.82, 2.24) is 0 Å². The molecule has 0 fully saturated rings. The highest BCUT2D eigenvalue weighted by Crippen LogP contribution is 2.28. The van der Waals surface area contributed by atoms with Gasteiger partial charge in [0.15, 0.2) is 17.3 Å². The van der Waals surface area contributed by atoms with Crippen molar-refractivity contribution in [3.05, 3.63) is 23.8 Å². The molecule has 0 N–H and O–H groups in total. The molecule has 20 heavy (non-hydrogen) atoms. The van der Waals surface area contributed by atoms with Crippen LogP contribution in [-0.4, -0.2) is 39.4 Å². The van der Waals surface area contributed by atoms with Gasteiger partial charge in [0.2, 0.25) is 0 Å². The zero-order chi connectivity index (χ0) is 15.2. The number of methoxy groups -OCH3 is 2. The number of hydrogen-bond acceptors (Lipinski definition) is 4. The fraction of sp³-hybridized carbons (Fsp3) is 0.462. The number of carbonyl (C=O) groups excluding carboxylic acids is 1. The smallest absolute Gasteiger partial charge is 0.411 e. The van der Waals surface area contributed by atoms with Gasteiger partial charge in [-0.2, -0.15) is 13.2 Å². The molecule has 112 valence electrons. The van der Waals surface area contributed by atoms with E-state index in [1.807, 2.05) is 0 Å². The van der Waals surface area contributed by atoms with E-state index in [1.54, 1.807) is 6.07 Å². The van der Waals surface area contributed by atoms with Crippen molar-refractivity contribution in [3.63, 3.8) is 0 Å². The zero-order valence-corrected chi connectivity index (χ0v) is 11.1. The number of benzene rings is 1. The second-order valence-corrected chi connectivity index (χ2v) is 3.91. The first-order chi connectivity index (χ1) is 9.37. The number of carbonyl (C=O) groups is 1. The minimum Gasteiger partial charge on any atom is -0.493 e. The summed E-state index contributed by atoms with van der Waals surface area (Å²) in [6.07, 6.45) is -4.52. The largest absolute Gasteiger partial charge is 0.493 e. The van der Waals surface area contributed by atoms with Crippen LogP contribution in [0.1, 0.15) is 16.8 Å². The summed E-state index contributed by atoms with van der Waals surface area (Å²) >= 11 is 0. The zero-order valence-electron chi connectivity index (χ0n) is 11.1. The summed E-state index contributed by atoms with van der Waals surface area (Å²) in [6, 6.07) is 4.56. The van der Waals surface area contributed by atoms with Crippen LogP contribution in [0.2, 0.25) is 0 Å². The van der Waals surface area contributed by atoms with E-state index >= 15 is 0 Å². The Balaban J connectivity index is 2.55. The monoisotopic (exact) mass is 292 g/mol. The van der Waals surface area contributed by atoms with Crippen LogP contribution in [0.25, 0.3) is 0 Å². The maximum absolute atomic E-state index is 11.8. The number of halogens is 3. The first kappa shape index (κ1) is 16.3. The van der Waals surface area contributed by atoms with E-state index < -0.39 is 12.8 Å². The van der Waals surface area contributed by atoms with Gasteiger partial charge in [-0.3, -0.25) is 4.79 Å². The molecule has 0 aromatic heterocycles. The molecule has 0 saturated carbocycles. The lowest BCUT2D eigenvalue weighted by Gasteiger charge is -2.09. The van der Waals surface area contributed by atoms with Crippen LogP contribution in [-0.2, 0) is 4.74 Å². The second kappa shape index (κ2) is 7.14. The molecule has 1 aromatic rings. The topological polar surface area (TPSA) is 44.8 Å². The average molecular weight is 292 g/mol. The summed E-state index contributed by atoms with van der Waals surface area (Å²) in [4.78, 5) is 11.8. The van der Waals surface area contributed by atoms with E-state index in [-0.39, 0.29) is 18.8 Å². The molecule has 0 saturated heterocycles. The molecule has 1 rings (SSSR count). The highest BCUT2D eigenvalue weighted by atomic mass is 19.4. The third-order valence-electron chi connectivity index (χ3n) is 2.44. The summed E-state index contributed by atoms with van der Waals surface area (Å²) in [7, 11) is 2.89. The molecule has 0 aliphatic rings. The minimum atomic E-state index is -4.38. The first-order valence-corrected chi connectivity index (χ1v) is 5.77. The normalized spacial score (nSPS) is 11.2. The summed E-state index contributed by atoms with van der Waals surface area (Å²) in [5, 5.41) is 0. The number of hydrogen-bond donors (Lipinski definition) is 0. The van der Waals surface area contributed by atoms with Crippen molar-refractivity contribution in [2.75, 3.05) is 27.4 Å². The van der Waals surface area contributed by atoms with Crippen molar-refractivity contribution in [2.24, 2.45) is 0 Å². The van der Waals surface area contributed by atoms with Gasteiger partial charge in [-0.05, 0) is 18.2 Å². The highest BCUT2D eigenvalue weighted by molar-refractivity contribution is 5.96. The SMILES string of the molecule is COc1ccc(C(=O)CCOCC(F)(F)F)cc1OC. The van der Waals surface area contributed by atoms with Gasteiger partial charge in [-0.25, -0.2) is 0 Å². The van der Waals surface area contributed by atoms with Crippen LogP contribution in [0.5, 0.6) is 11.5 Å². The van der Waals surface area contributed by atoms with Crippen LogP contribution in [0.4, 0.5) is 13.2 Å². The molecular weight excluding hydrogens is 277 g/mol. The number of alkyl halides is 3. The Bertz CT molecular complexity index is 457. The Kier molecular flexibility index (Phi) is 5.82. The molecule has 0 heterocycles. The maximum Gasteiger partial charge on any atom is 0.411 e. The number of ether oxygens (including phenoxy) is 3. The lowest BCUT2D eigenvalue weighted by Crippen LogP contribution is -2.18.